The molecule has 2 rings (SSSR count). The lowest BCUT2D eigenvalue weighted by atomic mass is 10.3. The van der Waals surface area contributed by atoms with Gasteiger partial charge in [-0.1, -0.05) is 12.1 Å². The number of benzene rings is 1. The van der Waals surface area contributed by atoms with Gasteiger partial charge in [-0.25, -0.2) is 4.98 Å². The minimum absolute atomic E-state index is 0.763. The molecule has 0 aliphatic rings. The first-order chi connectivity index (χ1) is 6.70. The van der Waals surface area contributed by atoms with Gasteiger partial charge in [0.2, 0.25) is 0 Å². The van der Waals surface area contributed by atoms with Crippen molar-refractivity contribution in [1.82, 2.24) is 9.55 Å². The molecule has 0 fully saturated rings. The van der Waals surface area contributed by atoms with Crippen molar-refractivity contribution < 1.29 is 0 Å². The van der Waals surface area contributed by atoms with Crippen molar-refractivity contribution in [3.63, 3.8) is 0 Å². The quantitative estimate of drug-likeness (QED) is 0.580. The Bertz CT molecular complexity index is 465. The molecule has 0 saturated carbocycles. The van der Waals surface area contributed by atoms with Crippen LogP contribution in [0.2, 0.25) is 0 Å². The van der Waals surface area contributed by atoms with Crippen LogP contribution in [0.5, 0.6) is 0 Å². The van der Waals surface area contributed by atoms with Gasteiger partial charge in [-0.3, -0.25) is 4.57 Å². The molecule has 1 heterocycles. The fraction of sp³-hybridized carbons (Fsp3) is 0. The van der Waals surface area contributed by atoms with Gasteiger partial charge in [0.1, 0.15) is 13.7 Å². The Labute approximate surface area is 109 Å². The van der Waals surface area contributed by atoms with Gasteiger partial charge in [0.25, 0.3) is 0 Å². The predicted octanol–water partition coefficient (Wildman–Crippen LogP) is 2.66. The summed E-state index contributed by atoms with van der Waals surface area (Å²) in [5, 5.41) is 0. The van der Waals surface area contributed by atoms with Crippen LogP contribution in [0.25, 0.3) is 5.69 Å². The third kappa shape index (κ3) is 1.74. The SMILES string of the molecule is Nc1ccccc1-n1cnc(I)c1I. The topological polar surface area (TPSA) is 43.8 Å². The van der Waals surface area contributed by atoms with E-state index < -0.39 is 0 Å². The Kier molecular flexibility index (Phi) is 2.96. The van der Waals surface area contributed by atoms with Gasteiger partial charge in [0.15, 0.2) is 0 Å². The lowest BCUT2D eigenvalue weighted by Crippen LogP contribution is -1.99. The van der Waals surface area contributed by atoms with Gasteiger partial charge in [-0.15, -0.1) is 0 Å². The van der Waals surface area contributed by atoms with Crippen molar-refractivity contribution in [1.29, 1.82) is 0 Å². The first kappa shape index (κ1) is 10.2. The third-order valence-electron chi connectivity index (χ3n) is 1.86. The number of aromatic nitrogens is 2. The van der Waals surface area contributed by atoms with Gasteiger partial charge >= 0.3 is 0 Å². The maximum atomic E-state index is 5.88. The Balaban J connectivity index is 2.60. The first-order valence-corrected chi connectivity index (χ1v) is 6.09. The Morgan fingerprint density at radius 3 is 2.50 bits per heavy atom. The summed E-state index contributed by atoms with van der Waals surface area (Å²) in [6, 6.07) is 7.76. The maximum Gasteiger partial charge on any atom is 0.133 e. The second kappa shape index (κ2) is 4.05. The summed E-state index contributed by atoms with van der Waals surface area (Å²) in [6.45, 7) is 0. The van der Waals surface area contributed by atoms with Crippen molar-refractivity contribution in [2.45, 2.75) is 0 Å². The van der Waals surface area contributed by atoms with Crippen LogP contribution in [0, 0.1) is 7.40 Å². The zero-order chi connectivity index (χ0) is 10.1. The third-order valence-corrected chi connectivity index (χ3v) is 4.72. The van der Waals surface area contributed by atoms with Crippen LogP contribution >= 0.6 is 45.2 Å². The van der Waals surface area contributed by atoms with Gasteiger partial charge in [-0.05, 0) is 57.3 Å². The van der Waals surface area contributed by atoms with Gasteiger partial charge in [0.05, 0.1) is 11.4 Å². The van der Waals surface area contributed by atoms with Crippen LogP contribution in [0.3, 0.4) is 0 Å². The average Bonchev–Trinajstić information content (AvgIpc) is 2.49. The van der Waals surface area contributed by atoms with E-state index >= 15 is 0 Å². The second-order valence-electron chi connectivity index (χ2n) is 2.76. The van der Waals surface area contributed by atoms with E-state index in [-0.39, 0.29) is 0 Å². The highest BCUT2D eigenvalue weighted by molar-refractivity contribution is 14.1. The van der Waals surface area contributed by atoms with E-state index in [9.17, 15) is 0 Å². The summed E-state index contributed by atoms with van der Waals surface area (Å²) in [5.74, 6) is 0. The van der Waals surface area contributed by atoms with E-state index in [0.29, 0.717) is 0 Å². The number of rotatable bonds is 1. The normalized spacial score (nSPS) is 10.4. The molecule has 1 aromatic carbocycles. The number of anilines is 1. The highest BCUT2D eigenvalue weighted by atomic mass is 127. The lowest BCUT2D eigenvalue weighted by molar-refractivity contribution is 1.03. The summed E-state index contributed by atoms with van der Waals surface area (Å²) in [6.07, 6.45) is 1.79. The van der Waals surface area contributed by atoms with Crippen molar-refractivity contribution in [3.8, 4) is 5.69 Å². The van der Waals surface area contributed by atoms with Gasteiger partial charge < -0.3 is 5.73 Å². The Morgan fingerprint density at radius 1 is 1.21 bits per heavy atom. The number of nitrogens with two attached hydrogens (primary N) is 1. The van der Waals surface area contributed by atoms with E-state index in [1.165, 1.54) is 0 Å². The monoisotopic (exact) mass is 411 g/mol. The molecule has 0 aliphatic heterocycles. The fourth-order valence-electron chi connectivity index (χ4n) is 1.19. The largest absolute Gasteiger partial charge is 0.397 e. The molecular formula is C9H7I2N3. The smallest absolute Gasteiger partial charge is 0.133 e. The fourth-order valence-corrected chi connectivity index (χ4v) is 2.09. The molecule has 2 N–H and O–H groups in total. The number of imidazole rings is 1. The standard InChI is InChI=1S/C9H7I2N3/c10-8-9(11)14(5-13-8)7-4-2-1-3-6(7)12/h1-5H,12H2. The first-order valence-electron chi connectivity index (χ1n) is 3.93. The molecule has 0 bridgehead atoms. The van der Waals surface area contributed by atoms with Crippen LogP contribution in [0.4, 0.5) is 5.69 Å². The summed E-state index contributed by atoms with van der Waals surface area (Å²) in [7, 11) is 0. The molecule has 3 nitrogen and oxygen atoms in total. The summed E-state index contributed by atoms with van der Waals surface area (Å²) in [5.41, 5.74) is 7.62. The Morgan fingerprint density at radius 2 is 1.93 bits per heavy atom. The minimum Gasteiger partial charge on any atom is -0.397 e. The predicted molar refractivity (Wildman–Crippen MR) is 73.4 cm³/mol. The van der Waals surface area contributed by atoms with Crippen LogP contribution in [0.1, 0.15) is 0 Å². The molecular weight excluding hydrogens is 404 g/mol. The molecule has 5 heteroatoms. The summed E-state index contributed by atoms with van der Waals surface area (Å²) >= 11 is 4.46. The molecule has 0 radical (unpaired) electrons. The zero-order valence-electron chi connectivity index (χ0n) is 7.11. The van der Waals surface area contributed by atoms with E-state index in [1.54, 1.807) is 6.33 Å². The van der Waals surface area contributed by atoms with Crippen LogP contribution in [0.15, 0.2) is 30.6 Å². The zero-order valence-corrected chi connectivity index (χ0v) is 11.4. The average molecular weight is 411 g/mol. The van der Waals surface area contributed by atoms with E-state index in [4.69, 9.17) is 5.73 Å². The molecule has 2 aromatic rings. The molecule has 0 unspecified atom stereocenters. The van der Waals surface area contributed by atoms with Crippen LogP contribution < -0.4 is 5.73 Å². The van der Waals surface area contributed by atoms with Crippen LogP contribution in [-0.2, 0) is 0 Å². The van der Waals surface area contributed by atoms with E-state index in [0.717, 1.165) is 18.8 Å². The molecule has 0 atom stereocenters. The minimum atomic E-state index is 0.763. The molecule has 0 amide bonds. The van der Waals surface area contributed by atoms with E-state index in [1.807, 2.05) is 28.8 Å². The molecule has 14 heavy (non-hydrogen) atoms. The highest BCUT2D eigenvalue weighted by Gasteiger charge is 2.08. The molecule has 72 valence electrons. The number of hydrogen-bond acceptors (Lipinski definition) is 2. The van der Waals surface area contributed by atoms with Gasteiger partial charge in [-0.2, -0.15) is 0 Å². The summed E-state index contributed by atoms with van der Waals surface area (Å²) in [4.78, 5) is 4.22. The van der Waals surface area contributed by atoms with Crippen molar-refractivity contribution >= 4 is 50.9 Å². The number of halogens is 2. The molecule has 1 aromatic heterocycles. The number of nitrogen functional groups attached to an aromatic ring is 1. The molecule has 0 saturated heterocycles. The highest BCUT2D eigenvalue weighted by Crippen LogP contribution is 2.22. The van der Waals surface area contributed by atoms with Crippen molar-refractivity contribution in [2.24, 2.45) is 0 Å². The maximum absolute atomic E-state index is 5.88. The van der Waals surface area contributed by atoms with Crippen molar-refractivity contribution in [2.75, 3.05) is 5.73 Å². The van der Waals surface area contributed by atoms with Gasteiger partial charge in [0, 0.05) is 0 Å². The molecule has 0 spiro atoms. The van der Waals surface area contributed by atoms with E-state index in [2.05, 4.69) is 50.2 Å². The van der Waals surface area contributed by atoms with Crippen molar-refractivity contribution in [3.05, 3.63) is 38.0 Å². The number of hydrogen-bond donors (Lipinski definition) is 1. The summed E-state index contributed by atoms with van der Waals surface area (Å²) < 4.78 is 4.06. The second-order valence-corrected chi connectivity index (χ2v) is 4.80. The molecule has 0 aliphatic carbocycles. The number of nitrogens with zero attached hydrogens (tertiary/aromatic N) is 2. The Hall–Kier alpha value is -0.310. The lowest BCUT2D eigenvalue weighted by Gasteiger charge is -2.06. The number of para-hydroxylation sites is 2. The van der Waals surface area contributed by atoms with Crippen LogP contribution in [-0.4, -0.2) is 9.55 Å².